The third-order valence-electron chi connectivity index (χ3n) is 2.65. The Hall–Kier alpha value is -2.10. The molecule has 0 aliphatic carbocycles. The molecule has 2 rings (SSSR count). The molecule has 0 saturated carbocycles. The Labute approximate surface area is 112 Å². The molecular formula is C15H18FN3. The van der Waals surface area contributed by atoms with Crippen molar-refractivity contribution in [3.63, 3.8) is 0 Å². The normalized spacial score (nSPS) is 10.3. The number of pyridine rings is 1. The van der Waals surface area contributed by atoms with Crippen LogP contribution in [0.25, 0.3) is 0 Å². The molecule has 4 heteroatoms. The van der Waals surface area contributed by atoms with Crippen molar-refractivity contribution >= 4 is 17.1 Å². The molecule has 0 amide bonds. The Kier molecular flexibility index (Phi) is 4.34. The molecule has 0 aliphatic rings. The van der Waals surface area contributed by atoms with Crippen LogP contribution in [0.3, 0.4) is 0 Å². The highest BCUT2D eigenvalue weighted by atomic mass is 19.1. The zero-order chi connectivity index (χ0) is 13.7. The summed E-state index contributed by atoms with van der Waals surface area (Å²) in [7, 11) is 0. The van der Waals surface area contributed by atoms with E-state index in [1.807, 2.05) is 19.1 Å². The number of nitrogens with one attached hydrogen (secondary N) is 2. The molecule has 0 bridgehead atoms. The van der Waals surface area contributed by atoms with E-state index in [4.69, 9.17) is 0 Å². The molecule has 3 nitrogen and oxygen atoms in total. The molecule has 2 N–H and O–H groups in total. The molecule has 19 heavy (non-hydrogen) atoms. The van der Waals surface area contributed by atoms with Crippen LogP contribution >= 0.6 is 0 Å². The average Bonchev–Trinajstić information content (AvgIpc) is 2.35. The SMILES string of the molecule is CCCNc1cncc(Nc2cc(C)cc(F)c2)c1. The second-order valence-corrected chi connectivity index (χ2v) is 4.53. The van der Waals surface area contributed by atoms with Crippen molar-refractivity contribution in [3.8, 4) is 0 Å². The fraction of sp³-hybridized carbons (Fsp3) is 0.267. The van der Waals surface area contributed by atoms with Crippen LogP contribution in [-0.2, 0) is 0 Å². The van der Waals surface area contributed by atoms with Gasteiger partial charge in [-0.05, 0) is 43.2 Å². The number of nitrogens with zero attached hydrogens (tertiary/aromatic N) is 1. The van der Waals surface area contributed by atoms with E-state index >= 15 is 0 Å². The van der Waals surface area contributed by atoms with Crippen LogP contribution < -0.4 is 10.6 Å². The van der Waals surface area contributed by atoms with Crippen molar-refractivity contribution in [2.75, 3.05) is 17.2 Å². The Balaban J connectivity index is 2.13. The summed E-state index contributed by atoms with van der Waals surface area (Å²) < 4.78 is 13.3. The fourth-order valence-electron chi connectivity index (χ4n) is 1.85. The molecule has 0 unspecified atom stereocenters. The summed E-state index contributed by atoms with van der Waals surface area (Å²) in [5.41, 5.74) is 3.41. The van der Waals surface area contributed by atoms with Crippen LogP contribution in [0.1, 0.15) is 18.9 Å². The van der Waals surface area contributed by atoms with Gasteiger partial charge < -0.3 is 10.6 Å². The molecule has 1 heterocycles. The maximum atomic E-state index is 13.3. The molecule has 1 aromatic carbocycles. The Morgan fingerprint density at radius 3 is 2.58 bits per heavy atom. The molecule has 0 atom stereocenters. The van der Waals surface area contributed by atoms with E-state index in [0.29, 0.717) is 0 Å². The highest BCUT2D eigenvalue weighted by molar-refractivity contribution is 5.63. The van der Waals surface area contributed by atoms with E-state index in [0.717, 1.165) is 35.6 Å². The van der Waals surface area contributed by atoms with Crippen molar-refractivity contribution < 1.29 is 4.39 Å². The van der Waals surface area contributed by atoms with Gasteiger partial charge in [0.05, 0.1) is 23.8 Å². The fourth-order valence-corrected chi connectivity index (χ4v) is 1.85. The Bertz CT molecular complexity index is 535. The van der Waals surface area contributed by atoms with Gasteiger partial charge in [0.2, 0.25) is 0 Å². The van der Waals surface area contributed by atoms with Crippen LogP contribution in [0.5, 0.6) is 0 Å². The lowest BCUT2D eigenvalue weighted by atomic mass is 10.2. The smallest absolute Gasteiger partial charge is 0.125 e. The molecule has 0 aliphatic heterocycles. The largest absolute Gasteiger partial charge is 0.384 e. The predicted molar refractivity (Wildman–Crippen MR) is 77.4 cm³/mol. The molecular weight excluding hydrogens is 241 g/mol. The maximum absolute atomic E-state index is 13.3. The van der Waals surface area contributed by atoms with E-state index in [1.54, 1.807) is 12.4 Å². The molecule has 2 aromatic rings. The number of rotatable bonds is 5. The number of benzene rings is 1. The second-order valence-electron chi connectivity index (χ2n) is 4.53. The summed E-state index contributed by atoms with van der Waals surface area (Å²) >= 11 is 0. The minimum atomic E-state index is -0.240. The van der Waals surface area contributed by atoms with Gasteiger partial charge in [0, 0.05) is 12.2 Å². The van der Waals surface area contributed by atoms with Crippen LogP contribution in [0.15, 0.2) is 36.7 Å². The third kappa shape index (κ3) is 3.95. The number of halogens is 1. The number of anilines is 3. The average molecular weight is 259 g/mol. The van der Waals surface area contributed by atoms with E-state index < -0.39 is 0 Å². The van der Waals surface area contributed by atoms with Gasteiger partial charge in [-0.1, -0.05) is 6.92 Å². The van der Waals surface area contributed by atoms with Crippen molar-refractivity contribution in [1.82, 2.24) is 4.98 Å². The van der Waals surface area contributed by atoms with Crippen LogP contribution in [0.2, 0.25) is 0 Å². The zero-order valence-corrected chi connectivity index (χ0v) is 11.2. The van der Waals surface area contributed by atoms with E-state index in [9.17, 15) is 4.39 Å². The lowest BCUT2D eigenvalue weighted by molar-refractivity contribution is 0.627. The van der Waals surface area contributed by atoms with E-state index in [-0.39, 0.29) is 5.82 Å². The van der Waals surface area contributed by atoms with Crippen LogP contribution in [-0.4, -0.2) is 11.5 Å². The van der Waals surface area contributed by atoms with Gasteiger partial charge in [-0.2, -0.15) is 0 Å². The standard InChI is InChI=1S/C15H18FN3/c1-3-4-18-14-8-15(10-17-9-14)19-13-6-11(2)5-12(16)7-13/h5-10,18-19H,3-4H2,1-2H3. The summed E-state index contributed by atoms with van der Waals surface area (Å²) in [5, 5.41) is 6.43. The predicted octanol–water partition coefficient (Wildman–Crippen LogP) is 4.09. The summed E-state index contributed by atoms with van der Waals surface area (Å²) in [5.74, 6) is -0.240. The lowest BCUT2D eigenvalue weighted by Crippen LogP contribution is -2.01. The lowest BCUT2D eigenvalue weighted by Gasteiger charge is -2.10. The van der Waals surface area contributed by atoms with Gasteiger partial charge >= 0.3 is 0 Å². The van der Waals surface area contributed by atoms with Gasteiger partial charge in [-0.25, -0.2) is 4.39 Å². The van der Waals surface area contributed by atoms with Crippen molar-refractivity contribution in [3.05, 3.63) is 48.0 Å². The van der Waals surface area contributed by atoms with Crippen molar-refractivity contribution in [2.45, 2.75) is 20.3 Å². The number of hydrogen-bond donors (Lipinski definition) is 2. The van der Waals surface area contributed by atoms with Gasteiger partial charge in [0.1, 0.15) is 5.82 Å². The number of hydrogen-bond acceptors (Lipinski definition) is 3. The van der Waals surface area contributed by atoms with Crippen molar-refractivity contribution in [2.24, 2.45) is 0 Å². The maximum Gasteiger partial charge on any atom is 0.125 e. The number of aromatic nitrogens is 1. The summed E-state index contributed by atoms with van der Waals surface area (Å²) in [6.45, 7) is 4.88. The first-order valence-corrected chi connectivity index (χ1v) is 6.40. The number of aryl methyl sites for hydroxylation is 1. The van der Waals surface area contributed by atoms with Gasteiger partial charge in [-0.15, -0.1) is 0 Å². The molecule has 0 radical (unpaired) electrons. The Morgan fingerprint density at radius 1 is 1.05 bits per heavy atom. The van der Waals surface area contributed by atoms with Crippen LogP contribution in [0.4, 0.5) is 21.5 Å². The Morgan fingerprint density at radius 2 is 1.84 bits per heavy atom. The monoisotopic (exact) mass is 259 g/mol. The van der Waals surface area contributed by atoms with Gasteiger partial charge in [0.15, 0.2) is 0 Å². The molecule has 0 fully saturated rings. The summed E-state index contributed by atoms with van der Waals surface area (Å²) in [6.07, 6.45) is 4.55. The summed E-state index contributed by atoms with van der Waals surface area (Å²) in [4.78, 5) is 4.16. The third-order valence-corrected chi connectivity index (χ3v) is 2.65. The minimum Gasteiger partial charge on any atom is -0.384 e. The first-order valence-electron chi connectivity index (χ1n) is 6.40. The summed E-state index contributed by atoms with van der Waals surface area (Å²) in [6, 6.07) is 6.83. The minimum absolute atomic E-state index is 0.240. The van der Waals surface area contributed by atoms with Gasteiger partial charge in [0.25, 0.3) is 0 Å². The van der Waals surface area contributed by atoms with Crippen LogP contribution in [0, 0.1) is 12.7 Å². The zero-order valence-electron chi connectivity index (χ0n) is 11.2. The highest BCUT2D eigenvalue weighted by Gasteiger charge is 2.00. The topological polar surface area (TPSA) is 37.0 Å². The van der Waals surface area contributed by atoms with E-state index in [2.05, 4.69) is 22.5 Å². The van der Waals surface area contributed by atoms with Crippen molar-refractivity contribution in [1.29, 1.82) is 0 Å². The molecule has 1 aromatic heterocycles. The van der Waals surface area contributed by atoms with E-state index in [1.165, 1.54) is 12.1 Å². The first kappa shape index (κ1) is 13.3. The first-order chi connectivity index (χ1) is 9.17. The molecule has 0 spiro atoms. The highest BCUT2D eigenvalue weighted by Crippen LogP contribution is 2.20. The molecule has 100 valence electrons. The van der Waals surface area contributed by atoms with Gasteiger partial charge in [-0.3, -0.25) is 4.98 Å². The molecule has 0 saturated heterocycles. The quantitative estimate of drug-likeness (QED) is 0.849. The second kappa shape index (κ2) is 6.18.